The van der Waals surface area contributed by atoms with Gasteiger partial charge in [-0.25, -0.2) is 0 Å². The third-order valence-corrected chi connectivity index (χ3v) is 1.75. The fourth-order valence-electron chi connectivity index (χ4n) is 1.00. The monoisotopic (exact) mass is 150 g/mol. The molecule has 0 bridgehead atoms. The molecule has 0 amide bonds. The fraction of sp³-hybridized carbons (Fsp3) is 0.333. The van der Waals surface area contributed by atoms with Crippen molar-refractivity contribution in [3.63, 3.8) is 0 Å². The molecule has 1 aliphatic heterocycles. The van der Waals surface area contributed by atoms with Gasteiger partial charge >= 0.3 is 0 Å². The molecule has 0 N–H and O–H groups in total. The maximum absolute atomic E-state index is 5.15. The minimum atomic E-state index is 0.347. The Hall–Kier alpha value is -1.02. The molecule has 2 nitrogen and oxygen atoms in total. The van der Waals surface area contributed by atoms with E-state index in [0.29, 0.717) is 6.10 Å². The van der Waals surface area contributed by atoms with Crippen LogP contribution in [-0.2, 0) is 4.74 Å². The van der Waals surface area contributed by atoms with Crippen LogP contribution in [0.5, 0.6) is 0 Å². The highest BCUT2D eigenvalue weighted by molar-refractivity contribution is 5.48. The number of hydrogen-bond acceptors (Lipinski definition) is 2. The van der Waals surface area contributed by atoms with Crippen LogP contribution in [0.15, 0.2) is 28.4 Å². The van der Waals surface area contributed by atoms with Gasteiger partial charge in [-0.1, -0.05) is 0 Å². The SMILES string of the molecule is C/C(=C\c1ccco1)C1CO1. The number of ether oxygens (including phenoxy) is 1. The number of epoxide rings is 1. The largest absolute Gasteiger partial charge is 0.465 e. The molecule has 0 aromatic carbocycles. The maximum atomic E-state index is 5.15. The van der Waals surface area contributed by atoms with Crippen molar-refractivity contribution in [2.45, 2.75) is 13.0 Å². The van der Waals surface area contributed by atoms with Crippen LogP contribution in [-0.4, -0.2) is 12.7 Å². The van der Waals surface area contributed by atoms with Crippen LogP contribution in [0.3, 0.4) is 0 Å². The molecule has 1 aromatic heterocycles. The highest BCUT2D eigenvalue weighted by Gasteiger charge is 2.24. The first-order chi connectivity index (χ1) is 5.36. The van der Waals surface area contributed by atoms with Crippen LogP contribution in [0.2, 0.25) is 0 Å². The molecule has 1 fully saturated rings. The predicted octanol–water partition coefficient (Wildman–Crippen LogP) is 2.08. The zero-order valence-electron chi connectivity index (χ0n) is 6.41. The lowest BCUT2D eigenvalue weighted by atomic mass is 10.2. The molecule has 1 aromatic rings. The van der Waals surface area contributed by atoms with Gasteiger partial charge in [0, 0.05) is 0 Å². The highest BCUT2D eigenvalue weighted by atomic mass is 16.6. The summed E-state index contributed by atoms with van der Waals surface area (Å²) in [5.74, 6) is 0.901. The Bertz CT molecular complexity index is 255. The Balaban J connectivity index is 2.13. The normalized spacial score (nSPS) is 23.7. The second kappa shape index (κ2) is 2.55. The summed E-state index contributed by atoms with van der Waals surface area (Å²) in [5, 5.41) is 0. The Morgan fingerprint density at radius 1 is 1.73 bits per heavy atom. The molecule has 1 aliphatic rings. The van der Waals surface area contributed by atoms with Crippen molar-refractivity contribution in [2.24, 2.45) is 0 Å². The Labute approximate surface area is 65.5 Å². The molecule has 0 aliphatic carbocycles. The first kappa shape index (κ1) is 6.68. The van der Waals surface area contributed by atoms with Gasteiger partial charge in [0.05, 0.1) is 12.9 Å². The number of hydrogen-bond donors (Lipinski definition) is 0. The van der Waals surface area contributed by atoms with E-state index in [1.807, 2.05) is 18.2 Å². The van der Waals surface area contributed by atoms with E-state index in [-0.39, 0.29) is 0 Å². The first-order valence-electron chi connectivity index (χ1n) is 3.69. The van der Waals surface area contributed by atoms with E-state index >= 15 is 0 Å². The summed E-state index contributed by atoms with van der Waals surface area (Å²) >= 11 is 0. The smallest absolute Gasteiger partial charge is 0.126 e. The van der Waals surface area contributed by atoms with Gasteiger partial charge in [0.15, 0.2) is 0 Å². The van der Waals surface area contributed by atoms with Gasteiger partial charge in [0.1, 0.15) is 11.9 Å². The van der Waals surface area contributed by atoms with Gasteiger partial charge in [-0.05, 0) is 30.7 Å². The van der Waals surface area contributed by atoms with Crippen molar-refractivity contribution < 1.29 is 9.15 Å². The van der Waals surface area contributed by atoms with Crippen molar-refractivity contribution in [3.8, 4) is 0 Å². The van der Waals surface area contributed by atoms with E-state index in [1.165, 1.54) is 5.57 Å². The van der Waals surface area contributed by atoms with Crippen molar-refractivity contribution in [1.29, 1.82) is 0 Å². The van der Waals surface area contributed by atoms with E-state index in [4.69, 9.17) is 9.15 Å². The van der Waals surface area contributed by atoms with Gasteiger partial charge in [0.2, 0.25) is 0 Å². The van der Waals surface area contributed by atoms with Crippen molar-refractivity contribution >= 4 is 6.08 Å². The lowest BCUT2D eigenvalue weighted by molar-refractivity contribution is 0.432. The van der Waals surface area contributed by atoms with E-state index in [9.17, 15) is 0 Å². The first-order valence-corrected chi connectivity index (χ1v) is 3.69. The zero-order chi connectivity index (χ0) is 7.68. The van der Waals surface area contributed by atoms with E-state index < -0.39 is 0 Å². The van der Waals surface area contributed by atoms with Crippen LogP contribution in [0.1, 0.15) is 12.7 Å². The standard InChI is InChI=1S/C9H10O2/c1-7(9-6-11-9)5-8-3-2-4-10-8/h2-5,9H,6H2,1H3/b7-5+. The molecule has 1 unspecified atom stereocenters. The minimum absolute atomic E-state index is 0.347. The highest BCUT2D eigenvalue weighted by Crippen LogP contribution is 2.21. The third kappa shape index (κ3) is 1.52. The molecule has 2 heterocycles. The molecule has 1 saturated heterocycles. The van der Waals surface area contributed by atoms with E-state index in [2.05, 4.69) is 6.92 Å². The average molecular weight is 150 g/mol. The topological polar surface area (TPSA) is 25.7 Å². The predicted molar refractivity (Wildman–Crippen MR) is 42.1 cm³/mol. The molecule has 11 heavy (non-hydrogen) atoms. The quantitative estimate of drug-likeness (QED) is 0.603. The van der Waals surface area contributed by atoms with Gasteiger partial charge in [-0.15, -0.1) is 0 Å². The summed E-state index contributed by atoms with van der Waals surface area (Å²) in [6.07, 6.45) is 4.03. The zero-order valence-corrected chi connectivity index (χ0v) is 6.41. The van der Waals surface area contributed by atoms with Crippen molar-refractivity contribution in [3.05, 3.63) is 29.7 Å². The Morgan fingerprint density at radius 3 is 3.09 bits per heavy atom. The minimum Gasteiger partial charge on any atom is -0.465 e. The van der Waals surface area contributed by atoms with Crippen LogP contribution in [0.4, 0.5) is 0 Å². The molecule has 2 heteroatoms. The molecule has 0 radical (unpaired) electrons. The lowest BCUT2D eigenvalue weighted by Crippen LogP contribution is -1.84. The fourth-order valence-corrected chi connectivity index (χ4v) is 1.00. The van der Waals surface area contributed by atoms with Gasteiger partial charge in [0.25, 0.3) is 0 Å². The summed E-state index contributed by atoms with van der Waals surface area (Å²) in [7, 11) is 0. The second-order valence-electron chi connectivity index (χ2n) is 2.73. The summed E-state index contributed by atoms with van der Waals surface area (Å²) in [6.45, 7) is 2.92. The summed E-state index contributed by atoms with van der Waals surface area (Å²) in [5.41, 5.74) is 1.24. The van der Waals surface area contributed by atoms with Crippen LogP contribution in [0, 0.1) is 0 Å². The Morgan fingerprint density at radius 2 is 2.55 bits per heavy atom. The molecule has 2 rings (SSSR count). The van der Waals surface area contributed by atoms with Crippen molar-refractivity contribution in [2.75, 3.05) is 6.61 Å². The Kier molecular flexibility index (Phi) is 1.55. The van der Waals surface area contributed by atoms with Crippen LogP contribution >= 0.6 is 0 Å². The molecule has 1 atom stereocenters. The molecular formula is C9H10O2. The number of furan rings is 1. The molecule has 0 saturated carbocycles. The summed E-state index contributed by atoms with van der Waals surface area (Å²) in [6, 6.07) is 3.82. The van der Waals surface area contributed by atoms with Crippen molar-refractivity contribution in [1.82, 2.24) is 0 Å². The molecule has 58 valence electrons. The molecule has 0 spiro atoms. The van der Waals surface area contributed by atoms with Gasteiger partial charge in [-0.2, -0.15) is 0 Å². The summed E-state index contributed by atoms with van der Waals surface area (Å²) < 4.78 is 10.3. The number of rotatable bonds is 2. The summed E-state index contributed by atoms with van der Waals surface area (Å²) in [4.78, 5) is 0. The lowest BCUT2D eigenvalue weighted by Gasteiger charge is -1.90. The maximum Gasteiger partial charge on any atom is 0.126 e. The van der Waals surface area contributed by atoms with E-state index in [1.54, 1.807) is 6.26 Å². The van der Waals surface area contributed by atoms with Gasteiger partial charge < -0.3 is 9.15 Å². The van der Waals surface area contributed by atoms with Gasteiger partial charge in [-0.3, -0.25) is 0 Å². The molecular weight excluding hydrogens is 140 g/mol. The second-order valence-corrected chi connectivity index (χ2v) is 2.73. The van der Waals surface area contributed by atoms with E-state index in [0.717, 1.165) is 12.4 Å². The van der Waals surface area contributed by atoms with Crippen LogP contribution < -0.4 is 0 Å². The third-order valence-electron chi connectivity index (χ3n) is 1.75. The van der Waals surface area contributed by atoms with Crippen LogP contribution in [0.25, 0.3) is 6.08 Å². The average Bonchev–Trinajstić information content (AvgIpc) is 2.73.